The Morgan fingerprint density at radius 1 is 1.47 bits per heavy atom. The molecule has 0 aromatic heterocycles. The Morgan fingerprint density at radius 3 is 2.65 bits per heavy atom. The van der Waals surface area contributed by atoms with Gasteiger partial charge in [0.2, 0.25) is 0 Å². The molecule has 0 aliphatic carbocycles. The van der Waals surface area contributed by atoms with Crippen LogP contribution in [-0.2, 0) is 4.79 Å². The second-order valence-corrected chi connectivity index (χ2v) is 2.87. The fourth-order valence-electron chi connectivity index (χ4n) is 1.10. The van der Waals surface area contributed by atoms with Gasteiger partial charge in [-0.05, 0) is 12.1 Å². The van der Waals surface area contributed by atoms with Gasteiger partial charge in [-0.2, -0.15) is 14.0 Å². The van der Waals surface area contributed by atoms with Gasteiger partial charge in [-0.15, -0.1) is 0 Å². The van der Waals surface area contributed by atoms with Crippen LogP contribution in [0.1, 0.15) is 5.56 Å². The van der Waals surface area contributed by atoms with Crippen molar-refractivity contribution in [3.8, 4) is 11.8 Å². The zero-order valence-electron chi connectivity index (χ0n) is 8.39. The highest BCUT2D eigenvalue weighted by atomic mass is 19.3. The lowest BCUT2D eigenvalue weighted by atomic mass is 10.1. The fraction of sp³-hybridized carbons (Fsp3) is 0.0909. The molecule has 0 saturated carbocycles. The average molecular weight is 238 g/mol. The maximum absolute atomic E-state index is 12.0. The van der Waals surface area contributed by atoms with Gasteiger partial charge in [-0.1, -0.05) is 18.2 Å². The number of aliphatic carboxylic acids is 1. The highest BCUT2D eigenvalue weighted by Crippen LogP contribution is 2.22. The maximum atomic E-state index is 12.0. The highest BCUT2D eigenvalue weighted by Gasteiger charge is 2.08. The third kappa shape index (κ3) is 3.57. The number of halogens is 2. The third-order valence-electron chi connectivity index (χ3n) is 1.78. The van der Waals surface area contributed by atoms with E-state index in [2.05, 4.69) is 4.74 Å². The van der Waals surface area contributed by atoms with Crippen molar-refractivity contribution in [1.82, 2.24) is 0 Å². The standard InChI is InChI=1S/C11H7F2NO3/c12-11(13)17-9-4-2-1-3-7(9)5-8(6-14)10(15)16/h1-5,11H,(H,15,16)/p-1/b8-5-. The molecule has 1 rings (SSSR count). The van der Waals surface area contributed by atoms with Crippen molar-refractivity contribution in [3.05, 3.63) is 35.4 Å². The van der Waals surface area contributed by atoms with E-state index in [1.807, 2.05) is 0 Å². The lowest BCUT2D eigenvalue weighted by Crippen LogP contribution is -2.23. The highest BCUT2D eigenvalue weighted by molar-refractivity contribution is 5.95. The first-order chi connectivity index (χ1) is 8.04. The minimum absolute atomic E-state index is 0.0635. The monoisotopic (exact) mass is 238 g/mol. The summed E-state index contributed by atoms with van der Waals surface area (Å²) in [6, 6.07) is 6.91. The van der Waals surface area contributed by atoms with Crippen molar-refractivity contribution in [2.75, 3.05) is 0 Å². The summed E-state index contributed by atoms with van der Waals surface area (Å²) in [5, 5.41) is 19.0. The largest absolute Gasteiger partial charge is 0.544 e. The van der Waals surface area contributed by atoms with Crippen LogP contribution < -0.4 is 9.84 Å². The number of nitriles is 1. The number of carboxylic acid groups (broad SMARTS) is 1. The first-order valence-corrected chi connectivity index (χ1v) is 4.41. The van der Waals surface area contributed by atoms with Gasteiger partial charge < -0.3 is 14.6 Å². The van der Waals surface area contributed by atoms with E-state index >= 15 is 0 Å². The second-order valence-electron chi connectivity index (χ2n) is 2.87. The Hall–Kier alpha value is -2.42. The molecule has 6 heteroatoms. The lowest BCUT2D eigenvalue weighted by Gasteiger charge is -2.08. The zero-order chi connectivity index (χ0) is 12.8. The molecule has 0 atom stereocenters. The Labute approximate surface area is 95.4 Å². The molecule has 0 spiro atoms. The van der Waals surface area contributed by atoms with Crippen LogP contribution in [0.2, 0.25) is 0 Å². The summed E-state index contributed by atoms with van der Waals surface area (Å²) in [6.07, 6.45) is 0.910. The molecule has 0 bridgehead atoms. The van der Waals surface area contributed by atoms with Gasteiger partial charge in [0.1, 0.15) is 11.8 Å². The molecule has 1 aromatic rings. The van der Waals surface area contributed by atoms with E-state index in [-0.39, 0.29) is 11.3 Å². The Bertz CT molecular complexity index is 492. The summed E-state index contributed by atoms with van der Waals surface area (Å²) >= 11 is 0. The van der Waals surface area contributed by atoms with Crippen molar-refractivity contribution in [2.24, 2.45) is 0 Å². The van der Waals surface area contributed by atoms with E-state index in [0.29, 0.717) is 0 Å². The van der Waals surface area contributed by atoms with Gasteiger partial charge >= 0.3 is 6.61 Å². The second kappa shape index (κ2) is 5.61. The topological polar surface area (TPSA) is 73.1 Å². The molecular weight excluding hydrogens is 232 g/mol. The molecule has 0 amide bonds. The van der Waals surface area contributed by atoms with Crippen LogP contribution in [0.3, 0.4) is 0 Å². The number of benzene rings is 1. The average Bonchev–Trinajstić information content (AvgIpc) is 2.26. The van der Waals surface area contributed by atoms with Crippen molar-refractivity contribution < 1.29 is 23.4 Å². The first kappa shape index (κ1) is 12.6. The Balaban J connectivity index is 3.14. The minimum atomic E-state index is -3.03. The molecule has 1 aromatic carbocycles. The lowest BCUT2D eigenvalue weighted by molar-refractivity contribution is -0.298. The zero-order valence-corrected chi connectivity index (χ0v) is 8.39. The van der Waals surface area contributed by atoms with Crippen LogP contribution in [0.15, 0.2) is 29.8 Å². The molecule has 0 aliphatic rings. The van der Waals surface area contributed by atoms with Gasteiger partial charge in [-0.3, -0.25) is 0 Å². The van der Waals surface area contributed by atoms with Crippen LogP contribution in [-0.4, -0.2) is 12.6 Å². The van der Waals surface area contributed by atoms with E-state index in [9.17, 15) is 18.7 Å². The van der Waals surface area contributed by atoms with Crippen LogP contribution in [0.25, 0.3) is 6.08 Å². The summed E-state index contributed by atoms with van der Waals surface area (Å²) in [7, 11) is 0. The Morgan fingerprint density at radius 2 is 2.12 bits per heavy atom. The molecule has 0 fully saturated rings. The summed E-state index contributed by atoms with van der Waals surface area (Å²) in [6.45, 7) is -3.03. The van der Waals surface area contributed by atoms with Gasteiger partial charge in [-0.25, -0.2) is 0 Å². The molecular formula is C11H6F2NO3-. The molecule has 4 nitrogen and oxygen atoms in total. The van der Waals surface area contributed by atoms with Crippen LogP contribution in [0.5, 0.6) is 5.75 Å². The molecule has 88 valence electrons. The van der Waals surface area contributed by atoms with Gasteiger partial charge in [0, 0.05) is 5.56 Å². The van der Waals surface area contributed by atoms with Gasteiger partial charge in [0.25, 0.3) is 0 Å². The van der Waals surface area contributed by atoms with Crippen molar-refractivity contribution >= 4 is 12.0 Å². The number of carbonyl (C=O) groups is 1. The van der Waals surface area contributed by atoms with Crippen molar-refractivity contribution in [3.63, 3.8) is 0 Å². The first-order valence-electron chi connectivity index (χ1n) is 4.41. The van der Waals surface area contributed by atoms with E-state index in [1.54, 1.807) is 0 Å². The number of carboxylic acids is 1. The number of alkyl halides is 2. The minimum Gasteiger partial charge on any atom is -0.544 e. The maximum Gasteiger partial charge on any atom is 0.387 e. The number of nitrogens with zero attached hydrogens (tertiary/aromatic N) is 1. The quantitative estimate of drug-likeness (QED) is 0.578. The number of para-hydroxylation sites is 1. The molecule has 17 heavy (non-hydrogen) atoms. The van der Waals surface area contributed by atoms with Gasteiger partial charge in [0.05, 0.1) is 11.5 Å². The third-order valence-corrected chi connectivity index (χ3v) is 1.78. The van der Waals surface area contributed by atoms with Crippen LogP contribution in [0, 0.1) is 11.3 Å². The predicted octanol–water partition coefficient (Wildman–Crippen LogP) is 0.945. The van der Waals surface area contributed by atoms with Gasteiger partial charge in [0.15, 0.2) is 0 Å². The SMILES string of the molecule is N#C/C(=C/c1ccccc1OC(F)F)C(=O)[O-]. The van der Waals surface area contributed by atoms with Crippen molar-refractivity contribution in [2.45, 2.75) is 6.61 Å². The normalized spacial score (nSPS) is 11.1. The number of rotatable bonds is 4. The predicted molar refractivity (Wildman–Crippen MR) is 51.7 cm³/mol. The molecule has 0 heterocycles. The number of hydrogen-bond acceptors (Lipinski definition) is 4. The Kier molecular flexibility index (Phi) is 4.17. The van der Waals surface area contributed by atoms with Crippen LogP contribution >= 0.6 is 0 Å². The van der Waals surface area contributed by atoms with Crippen molar-refractivity contribution in [1.29, 1.82) is 5.26 Å². The summed E-state index contributed by atoms with van der Waals surface area (Å²) in [5.41, 5.74) is -0.608. The molecule has 0 radical (unpaired) electrons. The van der Waals surface area contributed by atoms with E-state index in [0.717, 1.165) is 6.08 Å². The van der Waals surface area contributed by atoms with E-state index < -0.39 is 18.2 Å². The summed E-state index contributed by atoms with van der Waals surface area (Å²) < 4.78 is 28.3. The molecule has 0 aliphatic heterocycles. The molecule has 0 unspecified atom stereocenters. The summed E-state index contributed by atoms with van der Waals surface area (Å²) in [4.78, 5) is 10.5. The number of carbonyl (C=O) groups excluding carboxylic acids is 1. The fourth-order valence-corrected chi connectivity index (χ4v) is 1.10. The number of hydrogen-bond donors (Lipinski definition) is 0. The number of ether oxygens (including phenoxy) is 1. The van der Waals surface area contributed by atoms with E-state index in [4.69, 9.17) is 5.26 Å². The molecule has 0 saturated heterocycles. The van der Waals surface area contributed by atoms with E-state index in [1.165, 1.54) is 30.3 Å². The summed E-state index contributed by atoms with van der Waals surface area (Å²) in [5.74, 6) is -1.89. The van der Waals surface area contributed by atoms with Crippen LogP contribution in [0.4, 0.5) is 8.78 Å². The molecule has 0 N–H and O–H groups in total. The smallest absolute Gasteiger partial charge is 0.387 e.